The minimum atomic E-state index is 0.000288. The van der Waals surface area contributed by atoms with Crippen LogP contribution in [0.5, 0.6) is 6.01 Å². The number of piperidine rings is 1. The molecule has 1 fully saturated rings. The summed E-state index contributed by atoms with van der Waals surface area (Å²) in [5.41, 5.74) is 2.51. The molecule has 3 heterocycles. The lowest BCUT2D eigenvalue weighted by Crippen LogP contribution is -2.42. The Morgan fingerprint density at radius 3 is 2.78 bits per heavy atom. The molecule has 0 amide bonds. The fraction of sp³-hybridized carbons (Fsp3) is 0.412. The standard InChI is InChI=1S/C17H19N5O/c1-12-9-19-17(20-10-12)23-15-4-3-7-22(11-15)16-14(8-18)6-5-13(2)21-16/h5-6,9-10,15H,3-4,7,11H2,1-2H3. The zero-order valence-electron chi connectivity index (χ0n) is 13.4. The summed E-state index contributed by atoms with van der Waals surface area (Å²) >= 11 is 0. The summed E-state index contributed by atoms with van der Waals surface area (Å²) < 4.78 is 5.89. The van der Waals surface area contributed by atoms with Gasteiger partial charge in [-0.15, -0.1) is 0 Å². The van der Waals surface area contributed by atoms with E-state index in [0.717, 1.165) is 36.5 Å². The molecule has 0 radical (unpaired) electrons. The van der Waals surface area contributed by atoms with Crippen molar-refractivity contribution in [1.29, 1.82) is 5.26 Å². The van der Waals surface area contributed by atoms with Crippen molar-refractivity contribution in [3.63, 3.8) is 0 Å². The zero-order valence-corrected chi connectivity index (χ0v) is 13.4. The lowest BCUT2D eigenvalue weighted by molar-refractivity contribution is 0.164. The van der Waals surface area contributed by atoms with Gasteiger partial charge in [0, 0.05) is 24.6 Å². The molecule has 3 rings (SSSR count). The fourth-order valence-electron chi connectivity index (χ4n) is 2.69. The van der Waals surface area contributed by atoms with E-state index in [2.05, 4.69) is 25.9 Å². The Balaban J connectivity index is 1.75. The summed E-state index contributed by atoms with van der Waals surface area (Å²) in [6.45, 7) is 5.43. The van der Waals surface area contributed by atoms with Crippen LogP contribution in [0.4, 0.5) is 5.82 Å². The molecular formula is C17H19N5O. The van der Waals surface area contributed by atoms with Gasteiger partial charge >= 0.3 is 6.01 Å². The van der Waals surface area contributed by atoms with Crippen LogP contribution >= 0.6 is 0 Å². The van der Waals surface area contributed by atoms with E-state index in [-0.39, 0.29) is 6.10 Å². The predicted molar refractivity (Wildman–Crippen MR) is 86.3 cm³/mol. The molecule has 2 aromatic rings. The molecule has 1 aliphatic heterocycles. The lowest BCUT2D eigenvalue weighted by atomic mass is 10.1. The number of aryl methyl sites for hydroxylation is 2. The van der Waals surface area contributed by atoms with Crippen LogP contribution in [-0.4, -0.2) is 34.1 Å². The van der Waals surface area contributed by atoms with Crippen molar-refractivity contribution < 1.29 is 4.74 Å². The Kier molecular flexibility index (Phi) is 4.38. The highest BCUT2D eigenvalue weighted by molar-refractivity contribution is 5.54. The van der Waals surface area contributed by atoms with Crippen molar-refractivity contribution >= 4 is 5.82 Å². The number of nitrogens with zero attached hydrogens (tertiary/aromatic N) is 5. The van der Waals surface area contributed by atoms with Crippen LogP contribution in [0.2, 0.25) is 0 Å². The number of anilines is 1. The van der Waals surface area contributed by atoms with Crippen molar-refractivity contribution in [3.05, 3.63) is 41.3 Å². The van der Waals surface area contributed by atoms with E-state index in [1.165, 1.54) is 0 Å². The molecule has 0 bridgehead atoms. The maximum Gasteiger partial charge on any atom is 0.316 e. The van der Waals surface area contributed by atoms with Crippen LogP contribution < -0.4 is 9.64 Å². The molecule has 0 N–H and O–H groups in total. The van der Waals surface area contributed by atoms with Crippen molar-refractivity contribution in [2.75, 3.05) is 18.0 Å². The first kappa shape index (κ1) is 15.2. The molecule has 6 heteroatoms. The van der Waals surface area contributed by atoms with Crippen LogP contribution in [0.1, 0.15) is 29.7 Å². The average molecular weight is 309 g/mol. The number of aromatic nitrogens is 3. The van der Waals surface area contributed by atoms with Gasteiger partial charge in [0.25, 0.3) is 0 Å². The van der Waals surface area contributed by atoms with E-state index in [0.29, 0.717) is 18.1 Å². The minimum Gasteiger partial charge on any atom is -0.458 e. The van der Waals surface area contributed by atoms with Crippen molar-refractivity contribution in [3.8, 4) is 12.1 Å². The third-order valence-corrected chi connectivity index (χ3v) is 3.84. The lowest BCUT2D eigenvalue weighted by Gasteiger charge is -2.33. The van der Waals surface area contributed by atoms with E-state index in [1.54, 1.807) is 12.4 Å². The third-order valence-electron chi connectivity index (χ3n) is 3.84. The maximum atomic E-state index is 9.30. The minimum absolute atomic E-state index is 0.000288. The van der Waals surface area contributed by atoms with Gasteiger partial charge in [0.15, 0.2) is 0 Å². The summed E-state index contributed by atoms with van der Waals surface area (Å²) in [6.07, 6.45) is 5.43. The molecule has 1 saturated heterocycles. The normalized spacial score (nSPS) is 17.6. The Bertz CT molecular complexity index is 723. The maximum absolute atomic E-state index is 9.30. The van der Waals surface area contributed by atoms with Crippen LogP contribution in [0, 0.1) is 25.2 Å². The zero-order chi connectivity index (χ0) is 16.2. The molecule has 118 valence electrons. The summed E-state index contributed by atoms with van der Waals surface area (Å²) in [5, 5.41) is 9.30. The van der Waals surface area contributed by atoms with Gasteiger partial charge in [0.05, 0.1) is 12.1 Å². The number of hydrogen-bond donors (Lipinski definition) is 0. The SMILES string of the molecule is Cc1cnc(OC2CCCN(c3nc(C)ccc3C#N)C2)nc1. The summed E-state index contributed by atoms with van der Waals surface area (Å²) in [5.74, 6) is 0.741. The molecular weight excluding hydrogens is 290 g/mol. The van der Waals surface area contributed by atoms with Crippen LogP contribution in [0.15, 0.2) is 24.5 Å². The first-order valence-electron chi connectivity index (χ1n) is 7.73. The monoisotopic (exact) mass is 309 g/mol. The number of pyridine rings is 1. The molecule has 23 heavy (non-hydrogen) atoms. The van der Waals surface area contributed by atoms with E-state index < -0.39 is 0 Å². The van der Waals surface area contributed by atoms with Gasteiger partial charge in [-0.05, 0) is 44.4 Å². The van der Waals surface area contributed by atoms with E-state index >= 15 is 0 Å². The van der Waals surface area contributed by atoms with Gasteiger partial charge in [-0.2, -0.15) is 5.26 Å². The van der Waals surface area contributed by atoms with Gasteiger partial charge in [-0.3, -0.25) is 0 Å². The highest BCUT2D eigenvalue weighted by Gasteiger charge is 2.24. The first-order valence-corrected chi connectivity index (χ1v) is 7.73. The van der Waals surface area contributed by atoms with Crippen LogP contribution in [-0.2, 0) is 0 Å². The van der Waals surface area contributed by atoms with Gasteiger partial charge in [0.1, 0.15) is 18.0 Å². The van der Waals surface area contributed by atoms with E-state index in [4.69, 9.17) is 4.74 Å². The molecule has 6 nitrogen and oxygen atoms in total. The fourth-order valence-corrected chi connectivity index (χ4v) is 2.69. The smallest absolute Gasteiger partial charge is 0.316 e. The highest BCUT2D eigenvalue weighted by Crippen LogP contribution is 2.23. The Morgan fingerprint density at radius 1 is 1.26 bits per heavy atom. The van der Waals surface area contributed by atoms with Gasteiger partial charge in [-0.25, -0.2) is 15.0 Å². The largest absolute Gasteiger partial charge is 0.458 e. The number of hydrogen-bond acceptors (Lipinski definition) is 6. The van der Waals surface area contributed by atoms with Crippen LogP contribution in [0.25, 0.3) is 0 Å². The Hall–Kier alpha value is -2.68. The summed E-state index contributed by atoms with van der Waals surface area (Å²) in [6, 6.07) is 6.31. The predicted octanol–water partition coefficient (Wildman–Crippen LogP) is 2.41. The number of rotatable bonds is 3. The van der Waals surface area contributed by atoms with E-state index in [1.807, 2.05) is 26.0 Å². The Labute approximate surface area is 135 Å². The third kappa shape index (κ3) is 3.57. The van der Waals surface area contributed by atoms with Gasteiger partial charge in [0.2, 0.25) is 0 Å². The number of ether oxygens (including phenoxy) is 1. The second-order valence-electron chi connectivity index (χ2n) is 5.81. The van der Waals surface area contributed by atoms with Gasteiger partial charge < -0.3 is 9.64 Å². The van der Waals surface area contributed by atoms with Crippen LogP contribution in [0.3, 0.4) is 0 Å². The molecule has 0 saturated carbocycles. The number of nitriles is 1. The molecule has 0 aliphatic carbocycles. The van der Waals surface area contributed by atoms with Crippen molar-refractivity contribution in [1.82, 2.24) is 15.0 Å². The second-order valence-corrected chi connectivity index (χ2v) is 5.81. The molecule has 2 aromatic heterocycles. The van der Waals surface area contributed by atoms with Gasteiger partial charge in [-0.1, -0.05) is 0 Å². The molecule has 1 unspecified atom stereocenters. The quantitative estimate of drug-likeness (QED) is 0.866. The highest BCUT2D eigenvalue weighted by atomic mass is 16.5. The summed E-state index contributed by atoms with van der Waals surface area (Å²) in [7, 11) is 0. The summed E-state index contributed by atoms with van der Waals surface area (Å²) in [4.78, 5) is 15.1. The van der Waals surface area contributed by atoms with Crippen molar-refractivity contribution in [2.24, 2.45) is 0 Å². The first-order chi connectivity index (χ1) is 11.2. The Morgan fingerprint density at radius 2 is 2.04 bits per heavy atom. The molecule has 1 atom stereocenters. The molecule has 0 spiro atoms. The van der Waals surface area contributed by atoms with E-state index in [9.17, 15) is 5.26 Å². The topological polar surface area (TPSA) is 74.9 Å². The average Bonchev–Trinajstić information content (AvgIpc) is 2.57. The second kappa shape index (κ2) is 6.61. The molecule has 1 aliphatic rings. The van der Waals surface area contributed by atoms with Crippen molar-refractivity contribution in [2.45, 2.75) is 32.8 Å². The molecule has 0 aromatic carbocycles.